The second kappa shape index (κ2) is 12.7. The molecule has 0 saturated carbocycles. The number of benzene rings is 2. The molecule has 0 aliphatic rings. The highest BCUT2D eigenvalue weighted by atomic mass is 32.2. The SMILES string of the molecule is C=CCSc1nnc(CCCCc2nnc(SCC=C)n2-c2cccc(C)c2)n1-c1cccc(C)c1. The number of nitrogens with zero attached hydrogens (tertiary/aromatic N) is 6. The third-order valence-corrected chi connectivity index (χ3v) is 7.48. The highest BCUT2D eigenvalue weighted by Gasteiger charge is 2.16. The van der Waals surface area contributed by atoms with Gasteiger partial charge in [-0.15, -0.1) is 33.6 Å². The average Bonchev–Trinajstić information content (AvgIpc) is 3.47. The van der Waals surface area contributed by atoms with Crippen molar-refractivity contribution in [2.24, 2.45) is 0 Å². The van der Waals surface area contributed by atoms with Crippen LogP contribution in [0.25, 0.3) is 11.4 Å². The van der Waals surface area contributed by atoms with E-state index in [2.05, 4.69) is 105 Å². The molecule has 0 aliphatic heterocycles. The van der Waals surface area contributed by atoms with Gasteiger partial charge in [-0.3, -0.25) is 9.13 Å². The molecule has 36 heavy (non-hydrogen) atoms. The molecule has 0 bridgehead atoms. The first kappa shape index (κ1) is 26.0. The van der Waals surface area contributed by atoms with Crippen LogP contribution in [-0.2, 0) is 12.8 Å². The molecule has 0 N–H and O–H groups in total. The van der Waals surface area contributed by atoms with E-state index in [1.54, 1.807) is 23.5 Å². The molecule has 2 heterocycles. The second-order valence-electron chi connectivity index (χ2n) is 8.55. The van der Waals surface area contributed by atoms with E-state index in [-0.39, 0.29) is 0 Å². The standard InChI is InChI=1S/C28H32N6S2/c1-5-17-35-27-31-29-25(33(27)23-13-9-11-21(3)19-23)15-7-8-16-26-30-32-28(36-18-6-2)34(26)24-14-10-12-22(4)20-24/h5-6,9-14,19-20H,1-2,7-8,15-18H2,3-4H3. The molecule has 0 aliphatic carbocycles. The molecular weight excluding hydrogens is 484 g/mol. The van der Waals surface area contributed by atoms with Gasteiger partial charge in [-0.1, -0.05) is 59.9 Å². The summed E-state index contributed by atoms with van der Waals surface area (Å²) in [6, 6.07) is 17.0. The van der Waals surface area contributed by atoms with Gasteiger partial charge in [0.1, 0.15) is 11.6 Å². The van der Waals surface area contributed by atoms with Crippen molar-refractivity contribution in [3.05, 3.63) is 96.6 Å². The largest absolute Gasteiger partial charge is 0.274 e. The van der Waals surface area contributed by atoms with Crippen LogP contribution in [-0.4, -0.2) is 41.0 Å². The Kier molecular flexibility index (Phi) is 9.19. The van der Waals surface area contributed by atoms with Crippen molar-refractivity contribution in [3.8, 4) is 11.4 Å². The zero-order valence-electron chi connectivity index (χ0n) is 20.9. The second-order valence-corrected chi connectivity index (χ2v) is 10.5. The third kappa shape index (κ3) is 6.36. The van der Waals surface area contributed by atoms with E-state index in [1.807, 2.05) is 12.2 Å². The van der Waals surface area contributed by atoms with Crippen molar-refractivity contribution in [2.75, 3.05) is 11.5 Å². The summed E-state index contributed by atoms with van der Waals surface area (Å²) in [7, 11) is 0. The average molecular weight is 517 g/mol. The molecule has 0 radical (unpaired) electrons. The Bertz CT molecular complexity index is 1220. The lowest BCUT2D eigenvalue weighted by molar-refractivity contribution is 0.664. The monoisotopic (exact) mass is 516 g/mol. The molecule has 8 heteroatoms. The van der Waals surface area contributed by atoms with Crippen LogP contribution in [0.3, 0.4) is 0 Å². The fourth-order valence-corrected chi connectivity index (χ4v) is 5.41. The normalized spacial score (nSPS) is 11.1. The Balaban J connectivity index is 1.49. The van der Waals surface area contributed by atoms with Crippen molar-refractivity contribution >= 4 is 23.5 Å². The maximum absolute atomic E-state index is 4.54. The van der Waals surface area contributed by atoms with Crippen LogP contribution in [0, 0.1) is 13.8 Å². The predicted molar refractivity (Wildman–Crippen MR) is 151 cm³/mol. The summed E-state index contributed by atoms with van der Waals surface area (Å²) < 4.78 is 4.36. The van der Waals surface area contributed by atoms with Gasteiger partial charge < -0.3 is 0 Å². The predicted octanol–water partition coefficient (Wildman–Crippen LogP) is 6.59. The van der Waals surface area contributed by atoms with E-state index >= 15 is 0 Å². The van der Waals surface area contributed by atoms with Gasteiger partial charge in [0.05, 0.1) is 0 Å². The van der Waals surface area contributed by atoms with Crippen LogP contribution in [0.4, 0.5) is 0 Å². The summed E-state index contributed by atoms with van der Waals surface area (Å²) >= 11 is 3.31. The fraction of sp³-hybridized carbons (Fsp3) is 0.286. The molecule has 6 nitrogen and oxygen atoms in total. The zero-order valence-corrected chi connectivity index (χ0v) is 22.6. The molecule has 0 unspecified atom stereocenters. The van der Waals surface area contributed by atoms with Gasteiger partial charge in [-0.2, -0.15) is 0 Å². The van der Waals surface area contributed by atoms with Gasteiger partial charge in [0.2, 0.25) is 0 Å². The number of aromatic nitrogens is 6. The molecular formula is C28H32N6S2. The van der Waals surface area contributed by atoms with Gasteiger partial charge in [-0.25, -0.2) is 0 Å². The molecule has 186 valence electrons. The van der Waals surface area contributed by atoms with Crippen LogP contribution < -0.4 is 0 Å². The molecule has 0 amide bonds. The molecule has 0 atom stereocenters. The summed E-state index contributed by atoms with van der Waals surface area (Å²) in [6.07, 6.45) is 7.42. The van der Waals surface area contributed by atoms with Crippen molar-refractivity contribution in [3.63, 3.8) is 0 Å². The van der Waals surface area contributed by atoms with Gasteiger partial charge in [-0.05, 0) is 62.1 Å². The van der Waals surface area contributed by atoms with E-state index in [0.29, 0.717) is 0 Å². The van der Waals surface area contributed by atoms with E-state index in [9.17, 15) is 0 Å². The maximum Gasteiger partial charge on any atom is 0.196 e. The van der Waals surface area contributed by atoms with Gasteiger partial charge in [0.25, 0.3) is 0 Å². The lowest BCUT2D eigenvalue weighted by Crippen LogP contribution is -2.05. The van der Waals surface area contributed by atoms with Gasteiger partial charge >= 0.3 is 0 Å². The van der Waals surface area contributed by atoms with E-state index in [0.717, 1.165) is 70.5 Å². The fourth-order valence-electron chi connectivity index (χ4n) is 4.00. The van der Waals surface area contributed by atoms with Crippen LogP contribution in [0.15, 0.2) is 84.2 Å². The van der Waals surface area contributed by atoms with Crippen LogP contribution in [0.5, 0.6) is 0 Å². The summed E-state index contributed by atoms with van der Waals surface area (Å²) in [5.41, 5.74) is 4.63. The quantitative estimate of drug-likeness (QED) is 0.114. The first-order chi connectivity index (χ1) is 17.6. The van der Waals surface area contributed by atoms with Crippen molar-refractivity contribution in [2.45, 2.75) is 49.8 Å². The van der Waals surface area contributed by atoms with E-state index in [4.69, 9.17) is 0 Å². The molecule has 2 aromatic heterocycles. The van der Waals surface area contributed by atoms with E-state index < -0.39 is 0 Å². The van der Waals surface area contributed by atoms with Gasteiger partial charge in [0, 0.05) is 35.7 Å². The molecule has 4 rings (SSSR count). The first-order valence-electron chi connectivity index (χ1n) is 12.1. The number of hydrogen-bond donors (Lipinski definition) is 0. The number of aryl methyl sites for hydroxylation is 4. The van der Waals surface area contributed by atoms with Crippen LogP contribution >= 0.6 is 23.5 Å². The topological polar surface area (TPSA) is 61.4 Å². The highest BCUT2D eigenvalue weighted by molar-refractivity contribution is 7.99. The van der Waals surface area contributed by atoms with E-state index in [1.165, 1.54) is 11.1 Å². The Hall–Kier alpha value is -3.10. The van der Waals surface area contributed by atoms with Crippen LogP contribution in [0.1, 0.15) is 35.6 Å². The minimum Gasteiger partial charge on any atom is -0.274 e. The Morgan fingerprint density at radius 1 is 0.694 bits per heavy atom. The minimum absolute atomic E-state index is 0.796. The number of unbranched alkanes of at least 4 members (excludes halogenated alkanes) is 1. The highest BCUT2D eigenvalue weighted by Crippen LogP contribution is 2.25. The number of rotatable bonds is 13. The Morgan fingerprint density at radius 2 is 1.14 bits per heavy atom. The molecule has 0 fully saturated rings. The van der Waals surface area contributed by atoms with Gasteiger partial charge in [0.15, 0.2) is 10.3 Å². The van der Waals surface area contributed by atoms with Crippen molar-refractivity contribution < 1.29 is 0 Å². The summed E-state index contributed by atoms with van der Waals surface area (Å²) in [6.45, 7) is 11.9. The van der Waals surface area contributed by atoms with Crippen molar-refractivity contribution in [1.29, 1.82) is 0 Å². The Labute approximate surface area is 222 Å². The smallest absolute Gasteiger partial charge is 0.196 e. The maximum atomic E-state index is 4.54. The number of hydrogen-bond acceptors (Lipinski definition) is 6. The lowest BCUT2D eigenvalue weighted by Gasteiger charge is -2.12. The first-order valence-corrected chi connectivity index (χ1v) is 14.1. The van der Waals surface area contributed by atoms with Crippen LogP contribution in [0.2, 0.25) is 0 Å². The Morgan fingerprint density at radius 3 is 1.53 bits per heavy atom. The molecule has 0 spiro atoms. The lowest BCUT2D eigenvalue weighted by atomic mass is 10.1. The summed E-state index contributed by atoms with van der Waals surface area (Å²) in [4.78, 5) is 0. The number of thioether (sulfide) groups is 2. The third-order valence-electron chi connectivity index (χ3n) is 5.63. The molecule has 4 aromatic rings. The molecule has 0 saturated heterocycles. The minimum atomic E-state index is 0.796. The summed E-state index contributed by atoms with van der Waals surface area (Å²) in [5.74, 6) is 3.55. The van der Waals surface area contributed by atoms with Crippen molar-refractivity contribution in [1.82, 2.24) is 29.5 Å². The summed E-state index contributed by atoms with van der Waals surface area (Å²) in [5, 5.41) is 19.9. The molecule has 2 aromatic carbocycles. The zero-order chi connectivity index (χ0) is 25.3.